The first kappa shape index (κ1) is 15.6. The van der Waals surface area contributed by atoms with Crippen LogP contribution in [0.2, 0.25) is 5.02 Å². The van der Waals surface area contributed by atoms with Crippen molar-refractivity contribution < 1.29 is 0 Å². The Morgan fingerprint density at radius 1 is 1.40 bits per heavy atom. The molecular formula is C16H26ClN3. The molecule has 0 aliphatic carbocycles. The molecule has 1 aromatic rings. The van der Waals surface area contributed by atoms with Crippen molar-refractivity contribution in [3.63, 3.8) is 0 Å². The summed E-state index contributed by atoms with van der Waals surface area (Å²) in [7, 11) is 2.21. The van der Waals surface area contributed by atoms with E-state index in [1.54, 1.807) is 0 Å². The first-order chi connectivity index (χ1) is 9.52. The molecule has 4 heteroatoms. The lowest BCUT2D eigenvalue weighted by molar-refractivity contribution is 0.213. The summed E-state index contributed by atoms with van der Waals surface area (Å²) in [6.07, 6.45) is 2.01. The zero-order chi connectivity index (χ0) is 14.7. The molecule has 0 saturated carbocycles. The highest BCUT2D eigenvalue weighted by atomic mass is 35.5. The van der Waals surface area contributed by atoms with Crippen molar-refractivity contribution in [1.29, 1.82) is 0 Å². The fourth-order valence-electron chi connectivity index (χ4n) is 2.97. The molecule has 2 N–H and O–H groups in total. The van der Waals surface area contributed by atoms with E-state index in [0.717, 1.165) is 31.1 Å². The van der Waals surface area contributed by atoms with Crippen molar-refractivity contribution in [1.82, 2.24) is 4.90 Å². The van der Waals surface area contributed by atoms with E-state index < -0.39 is 0 Å². The molecule has 2 atom stereocenters. The van der Waals surface area contributed by atoms with E-state index in [0.29, 0.717) is 6.04 Å². The van der Waals surface area contributed by atoms with Crippen molar-refractivity contribution in [2.45, 2.75) is 38.8 Å². The third-order valence-corrected chi connectivity index (χ3v) is 4.56. The van der Waals surface area contributed by atoms with Crippen LogP contribution in [0, 0.1) is 0 Å². The third kappa shape index (κ3) is 3.46. The second-order valence-corrected chi connectivity index (χ2v) is 6.31. The molecule has 0 aromatic heterocycles. The molecule has 1 aliphatic heterocycles. The van der Waals surface area contributed by atoms with Crippen LogP contribution in [0.15, 0.2) is 18.2 Å². The molecule has 1 heterocycles. The van der Waals surface area contributed by atoms with E-state index in [4.69, 9.17) is 17.3 Å². The fraction of sp³-hybridized carbons (Fsp3) is 0.625. The Balaban J connectivity index is 2.26. The average molecular weight is 296 g/mol. The number of hydrogen-bond donors (Lipinski definition) is 1. The molecule has 3 nitrogen and oxygen atoms in total. The average Bonchev–Trinajstić information content (AvgIpc) is 2.41. The summed E-state index contributed by atoms with van der Waals surface area (Å²) in [5.74, 6) is 0. The Kier molecular flexibility index (Phi) is 5.30. The van der Waals surface area contributed by atoms with Gasteiger partial charge in [0.05, 0.1) is 0 Å². The van der Waals surface area contributed by atoms with E-state index >= 15 is 0 Å². The van der Waals surface area contributed by atoms with E-state index in [1.807, 2.05) is 19.1 Å². The number of nitrogens with two attached hydrogens (primary N) is 1. The molecular weight excluding hydrogens is 270 g/mol. The monoisotopic (exact) mass is 295 g/mol. The van der Waals surface area contributed by atoms with Gasteiger partial charge in [0.1, 0.15) is 0 Å². The number of halogens is 1. The van der Waals surface area contributed by atoms with Crippen LogP contribution in [0.4, 0.5) is 5.69 Å². The molecule has 1 fully saturated rings. The molecule has 2 unspecified atom stereocenters. The van der Waals surface area contributed by atoms with Crippen LogP contribution in [0.3, 0.4) is 0 Å². The topological polar surface area (TPSA) is 32.5 Å². The smallest absolute Gasteiger partial charge is 0.0459 e. The Morgan fingerprint density at radius 3 is 2.80 bits per heavy atom. The van der Waals surface area contributed by atoms with Crippen LogP contribution < -0.4 is 10.6 Å². The summed E-state index contributed by atoms with van der Waals surface area (Å²) in [5.41, 5.74) is 8.44. The lowest BCUT2D eigenvalue weighted by Crippen LogP contribution is -2.51. The quantitative estimate of drug-likeness (QED) is 0.927. The van der Waals surface area contributed by atoms with Gasteiger partial charge in [0.15, 0.2) is 0 Å². The van der Waals surface area contributed by atoms with Crippen molar-refractivity contribution in [3.8, 4) is 0 Å². The van der Waals surface area contributed by atoms with Crippen molar-refractivity contribution in [2.24, 2.45) is 5.73 Å². The molecule has 20 heavy (non-hydrogen) atoms. The number of piperazine rings is 1. The van der Waals surface area contributed by atoms with Gasteiger partial charge < -0.3 is 10.6 Å². The Labute approximate surface area is 127 Å². The molecule has 1 aromatic carbocycles. The lowest BCUT2D eigenvalue weighted by atomic mass is 10.0. The molecule has 1 aliphatic rings. The minimum absolute atomic E-state index is 0.128. The van der Waals surface area contributed by atoms with Crippen LogP contribution in [-0.4, -0.2) is 43.7 Å². The van der Waals surface area contributed by atoms with Crippen LogP contribution in [0.25, 0.3) is 0 Å². The molecule has 0 spiro atoms. The first-order valence-corrected chi connectivity index (χ1v) is 7.88. The van der Waals surface area contributed by atoms with Crippen molar-refractivity contribution >= 4 is 17.3 Å². The highest BCUT2D eigenvalue weighted by Gasteiger charge is 2.25. The summed E-state index contributed by atoms with van der Waals surface area (Å²) < 4.78 is 0. The highest BCUT2D eigenvalue weighted by molar-refractivity contribution is 6.31. The number of rotatable bonds is 4. The van der Waals surface area contributed by atoms with E-state index in [9.17, 15) is 0 Å². The Hall–Kier alpha value is -0.770. The summed E-state index contributed by atoms with van der Waals surface area (Å²) in [5, 5.41) is 0.840. The Bertz CT molecular complexity index is 447. The van der Waals surface area contributed by atoms with Gasteiger partial charge in [0.2, 0.25) is 0 Å². The number of anilines is 1. The number of likely N-dealkylation sites (N-methyl/N-ethyl adjacent to an activating group) is 1. The largest absolute Gasteiger partial charge is 0.368 e. The lowest BCUT2D eigenvalue weighted by Gasteiger charge is -2.41. The normalized spacial score (nSPS) is 22.1. The van der Waals surface area contributed by atoms with Gasteiger partial charge in [-0.3, -0.25) is 4.90 Å². The minimum atomic E-state index is 0.128. The number of benzene rings is 1. The van der Waals surface area contributed by atoms with Gasteiger partial charge in [0.25, 0.3) is 0 Å². The van der Waals surface area contributed by atoms with Crippen molar-refractivity contribution in [3.05, 3.63) is 28.8 Å². The van der Waals surface area contributed by atoms with Crippen LogP contribution in [-0.2, 0) is 6.42 Å². The zero-order valence-corrected chi connectivity index (χ0v) is 13.5. The van der Waals surface area contributed by atoms with Crippen LogP contribution in [0.1, 0.15) is 25.8 Å². The van der Waals surface area contributed by atoms with Gasteiger partial charge in [-0.15, -0.1) is 0 Å². The molecule has 0 radical (unpaired) electrons. The van der Waals surface area contributed by atoms with E-state index in [1.165, 1.54) is 17.7 Å². The summed E-state index contributed by atoms with van der Waals surface area (Å²) in [6.45, 7) is 7.51. The maximum atomic E-state index is 6.40. The molecule has 0 amide bonds. The zero-order valence-electron chi connectivity index (χ0n) is 12.8. The van der Waals surface area contributed by atoms with Crippen LogP contribution in [0.5, 0.6) is 0 Å². The molecule has 2 rings (SSSR count). The van der Waals surface area contributed by atoms with Crippen LogP contribution >= 0.6 is 11.6 Å². The molecule has 1 saturated heterocycles. The van der Waals surface area contributed by atoms with Gasteiger partial charge in [-0.05, 0) is 44.5 Å². The van der Waals surface area contributed by atoms with Gasteiger partial charge in [0, 0.05) is 42.4 Å². The van der Waals surface area contributed by atoms with Gasteiger partial charge in [-0.25, -0.2) is 0 Å². The van der Waals surface area contributed by atoms with Gasteiger partial charge in [-0.2, -0.15) is 0 Å². The maximum Gasteiger partial charge on any atom is 0.0459 e. The third-order valence-electron chi connectivity index (χ3n) is 4.21. The summed E-state index contributed by atoms with van der Waals surface area (Å²) >= 11 is 6.40. The minimum Gasteiger partial charge on any atom is -0.368 e. The number of hydrogen-bond acceptors (Lipinski definition) is 3. The van der Waals surface area contributed by atoms with Gasteiger partial charge >= 0.3 is 0 Å². The SMILES string of the molecule is CCC1CN(c2cccc(Cl)c2CC(C)N)CCN1C. The first-order valence-electron chi connectivity index (χ1n) is 7.51. The second kappa shape index (κ2) is 6.79. The predicted octanol–water partition coefficient (Wildman–Crippen LogP) is 2.76. The standard InChI is InChI=1S/C16H26ClN3/c1-4-13-11-20(9-8-19(13)3)16-7-5-6-15(17)14(16)10-12(2)18/h5-7,12-13H,4,8-11,18H2,1-3H3. The van der Waals surface area contributed by atoms with E-state index in [2.05, 4.69) is 29.8 Å². The second-order valence-electron chi connectivity index (χ2n) is 5.91. The molecule has 0 bridgehead atoms. The Morgan fingerprint density at radius 2 is 2.15 bits per heavy atom. The predicted molar refractivity (Wildman–Crippen MR) is 87.7 cm³/mol. The van der Waals surface area contributed by atoms with Gasteiger partial charge in [-0.1, -0.05) is 24.6 Å². The summed E-state index contributed by atoms with van der Waals surface area (Å²) in [6, 6.07) is 6.94. The number of nitrogens with zero attached hydrogens (tertiary/aromatic N) is 2. The fourth-order valence-corrected chi connectivity index (χ4v) is 3.22. The molecule has 112 valence electrons. The van der Waals surface area contributed by atoms with E-state index in [-0.39, 0.29) is 6.04 Å². The maximum absolute atomic E-state index is 6.40. The van der Waals surface area contributed by atoms with Crippen molar-refractivity contribution in [2.75, 3.05) is 31.6 Å². The summed E-state index contributed by atoms with van der Waals surface area (Å²) in [4.78, 5) is 4.92. The highest BCUT2D eigenvalue weighted by Crippen LogP contribution is 2.30.